The van der Waals surface area contributed by atoms with Crippen molar-refractivity contribution in [3.8, 4) is 5.75 Å². The summed E-state index contributed by atoms with van der Waals surface area (Å²) in [5.41, 5.74) is 0.765. The Morgan fingerprint density at radius 1 is 1.36 bits per heavy atom. The van der Waals surface area contributed by atoms with E-state index < -0.39 is 23.8 Å². The van der Waals surface area contributed by atoms with Crippen LogP contribution in [-0.4, -0.2) is 18.2 Å². The van der Waals surface area contributed by atoms with Crippen LogP contribution in [0.5, 0.6) is 5.75 Å². The van der Waals surface area contributed by atoms with Gasteiger partial charge in [-0.15, -0.1) is 0 Å². The number of benzene rings is 1. The Morgan fingerprint density at radius 2 is 2.08 bits per heavy atom. The summed E-state index contributed by atoms with van der Waals surface area (Å²) in [6.07, 6.45) is -6.10. The fraction of sp³-hybridized carbons (Fsp3) is 0.188. The summed E-state index contributed by atoms with van der Waals surface area (Å²) in [6, 6.07) is 4.69. The zero-order valence-electron chi connectivity index (χ0n) is 12.9. The zero-order chi connectivity index (χ0) is 17.5. The van der Waals surface area contributed by atoms with Crippen LogP contribution in [0, 0.1) is 0 Å². The Hall–Kier alpha value is -0.990. The number of thiophene rings is 1. The first kappa shape index (κ1) is 20.3. The number of carbonyl (C=O) groups excluding carboxylic acids is 1. The molecule has 1 atom stereocenters. The molecule has 0 aliphatic carbocycles. The van der Waals surface area contributed by atoms with E-state index in [0.717, 1.165) is 11.6 Å². The first-order valence-corrected chi connectivity index (χ1v) is 8.07. The normalized spacial score (nSPS) is 16.3. The van der Waals surface area contributed by atoms with E-state index in [4.69, 9.17) is 16.3 Å². The molecule has 2 heterocycles. The van der Waals surface area contributed by atoms with Gasteiger partial charge in [-0.2, -0.15) is 24.5 Å². The number of carbonyl (C=O) groups is 1. The minimum atomic E-state index is -4.86. The van der Waals surface area contributed by atoms with Gasteiger partial charge in [0.15, 0.2) is 0 Å². The summed E-state index contributed by atoms with van der Waals surface area (Å²) in [5.74, 6) is -1.99. The van der Waals surface area contributed by atoms with E-state index in [1.54, 1.807) is 0 Å². The van der Waals surface area contributed by atoms with Crippen molar-refractivity contribution in [2.75, 3.05) is 0 Å². The van der Waals surface area contributed by atoms with Gasteiger partial charge >= 0.3 is 35.7 Å². The van der Waals surface area contributed by atoms with Crippen LogP contribution in [0.1, 0.15) is 16.7 Å². The molecule has 9 heteroatoms. The van der Waals surface area contributed by atoms with E-state index in [0.29, 0.717) is 17.0 Å². The number of carboxylic acids is 1. The number of carboxylic acid groups (broad SMARTS) is 1. The van der Waals surface area contributed by atoms with Gasteiger partial charge in [-0.05, 0) is 52.6 Å². The Kier molecular flexibility index (Phi) is 6.27. The van der Waals surface area contributed by atoms with Crippen molar-refractivity contribution >= 4 is 35.0 Å². The molecule has 1 aliphatic rings. The average molecular weight is 397 g/mol. The van der Waals surface area contributed by atoms with E-state index in [1.807, 2.05) is 16.8 Å². The Morgan fingerprint density at radius 3 is 2.64 bits per heavy atom. The van der Waals surface area contributed by atoms with Crippen LogP contribution >= 0.6 is 22.9 Å². The molecule has 3 rings (SSSR count). The fourth-order valence-electron chi connectivity index (χ4n) is 2.42. The second-order valence-electron chi connectivity index (χ2n) is 5.22. The van der Waals surface area contributed by atoms with Gasteiger partial charge in [-0.3, -0.25) is 0 Å². The number of ether oxygens (including phenoxy) is 1. The van der Waals surface area contributed by atoms with Crippen molar-refractivity contribution in [3.05, 3.63) is 56.2 Å². The molecule has 3 nitrogen and oxygen atoms in total. The van der Waals surface area contributed by atoms with Crippen LogP contribution in [0.3, 0.4) is 0 Å². The molecule has 25 heavy (non-hydrogen) atoms. The molecular formula is C16H9ClF3NaO3S. The molecule has 1 aromatic carbocycles. The van der Waals surface area contributed by atoms with Crippen LogP contribution in [0.2, 0.25) is 5.02 Å². The molecule has 0 fully saturated rings. The van der Waals surface area contributed by atoms with Gasteiger partial charge < -0.3 is 14.6 Å². The third-order valence-corrected chi connectivity index (χ3v) is 4.61. The summed E-state index contributed by atoms with van der Waals surface area (Å²) >= 11 is 7.66. The number of fused-ring (bicyclic) bond motifs is 1. The number of alkyl halides is 3. The minimum Gasteiger partial charge on any atom is -0.545 e. The largest absolute Gasteiger partial charge is 1.00 e. The first-order chi connectivity index (χ1) is 11.3. The number of hydrogen-bond acceptors (Lipinski definition) is 4. The molecular weight excluding hydrogens is 388 g/mol. The van der Waals surface area contributed by atoms with Crippen LogP contribution in [0.25, 0.3) is 6.08 Å². The summed E-state index contributed by atoms with van der Waals surface area (Å²) in [4.78, 5) is 11.0. The molecule has 0 amide bonds. The Bertz CT molecular complexity index is 819. The van der Waals surface area contributed by atoms with Gasteiger partial charge in [0.2, 0.25) is 6.10 Å². The topological polar surface area (TPSA) is 49.4 Å². The number of hydrogen-bond donors (Lipinski definition) is 0. The summed E-state index contributed by atoms with van der Waals surface area (Å²) in [7, 11) is 0. The third-order valence-electron chi connectivity index (χ3n) is 3.52. The third kappa shape index (κ3) is 4.41. The van der Waals surface area contributed by atoms with Crippen molar-refractivity contribution in [1.29, 1.82) is 0 Å². The van der Waals surface area contributed by atoms with Gasteiger partial charge in [0.05, 0.1) is 5.97 Å². The average Bonchev–Trinajstić information content (AvgIpc) is 2.98. The van der Waals surface area contributed by atoms with Gasteiger partial charge in [0.1, 0.15) is 5.75 Å². The van der Waals surface area contributed by atoms with E-state index >= 15 is 0 Å². The molecule has 126 valence electrons. The van der Waals surface area contributed by atoms with Crippen molar-refractivity contribution in [3.63, 3.8) is 0 Å². The molecule has 0 saturated heterocycles. The molecule has 0 saturated carbocycles. The maximum absolute atomic E-state index is 13.0. The molecule has 0 N–H and O–H groups in total. The molecule has 0 unspecified atom stereocenters. The van der Waals surface area contributed by atoms with E-state index in [2.05, 4.69) is 0 Å². The predicted octanol–water partition coefficient (Wildman–Crippen LogP) is 0.453. The molecule has 1 aromatic heterocycles. The maximum Gasteiger partial charge on any atom is 1.00 e. The van der Waals surface area contributed by atoms with Crippen molar-refractivity contribution < 1.29 is 57.4 Å². The summed E-state index contributed by atoms with van der Waals surface area (Å²) in [6.45, 7) is 0. The zero-order valence-corrected chi connectivity index (χ0v) is 16.5. The quantitative estimate of drug-likeness (QED) is 0.708. The molecule has 0 spiro atoms. The smallest absolute Gasteiger partial charge is 0.545 e. The second kappa shape index (κ2) is 7.72. The van der Waals surface area contributed by atoms with Crippen molar-refractivity contribution in [2.24, 2.45) is 0 Å². The maximum atomic E-state index is 13.0. The standard InChI is InChI=1S/C16H10ClF3O3S.Na/c17-12-5-10-4-11(15(21)22)14(16(18,19)20)23-13(10)6-9(12)3-8-1-2-24-7-8;/h1-2,4-7,14H,3H2,(H,21,22);/q;+1/p-1/t14-;/m0./s1. The van der Waals surface area contributed by atoms with Gasteiger partial charge in [0, 0.05) is 16.2 Å². The predicted molar refractivity (Wildman–Crippen MR) is 82.0 cm³/mol. The fourth-order valence-corrected chi connectivity index (χ4v) is 3.32. The van der Waals surface area contributed by atoms with Crippen LogP contribution in [-0.2, 0) is 11.2 Å². The van der Waals surface area contributed by atoms with Gasteiger partial charge in [0.25, 0.3) is 0 Å². The van der Waals surface area contributed by atoms with E-state index in [-0.39, 0.29) is 40.9 Å². The summed E-state index contributed by atoms with van der Waals surface area (Å²) in [5, 5.41) is 15.1. The van der Waals surface area contributed by atoms with E-state index in [9.17, 15) is 23.1 Å². The molecule has 0 radical (unpaired) electrons. The Balaban J connectivity index is 0.00000225. The van der Waals surface area contributed by atoms with Crippen LogP contribution in [0.4, 0.5) is 13.2 Å². The molecule has 2 aromatic rings. The first-order valence-electron chi connectivity index (χ1n) is 6.75. The molecule has 1 aliphatic heterocycles. The second-order valence-corrected chi connectivity index (χ2v) is 6.40. The van der Waals surface area contributed by atoms with Crippen LogP contribution in [0.15, 0.2) is 34.5 Å². The van der Waals surface area contributed by atoms with Crippen molar-refractivity contribution in [2.45, 2.75) is 18.7 Å². The van der Waals surface area contributed by atoms with Gasteiger partial charge in [-0.1, -0.05) is 11.6 Å². The minimum absolute atomic E-state index is 0. The monoisotopic (exact) mass is 396 g/mol. The summed E-state index contributed by atoms with van der Waals surface area (Å²) < 4.78 is 44.1. The van der Waals surface area contributed by atoms with Crippen LogP contribution < -0.4 is 39.4 Å². The van der Waals surface area contributed by atoms with Crippen molar-refractivity contribution in [1.82, 2.24) is 0 Å². The number of halogens is 4. The number of aliphatic carboxylic acids is 1. The number of rotatable bonds is 3. The van der Waals surface area contributed by atoms with Gasteiger partial charge in [-0.25, -0.2) is 0 Å². The molecule has 0 bridgehead atoms. The van der Waals surface area contributed by atoms with E-state index in [1.165, 1.54) is 23.5 Å². The Labute approximate surface area is 172 Å². The SMILES string of the molecule is O=C([O-])C1=Cc2cc(Cl)c(Cc3ccsc3)cc2O[C@@H]1C(F)(F)F.[Na+].